The fourth-order valence-corrected chi connectivity index (χ4v) is 3.33. The summed E-state index contributed by atoms with van der Waals surface area (Å²) >= 11 is 6.26. The molecule has 2 aromatic carbocycles. The van der Waals surface area contributed by atoms with Crippen molar-refractivity contribution in [3.8, 4) is 17.2 Å². The largest absolute Gasteiger partial charge is 0.497 e. The highest BCUT2D eigenvalue weighted by atomic mass is 35.5. The van der Waals surface area contributed by atoms with Crippen LogP contribution in [0.4, 0.5) is 23.1 Å². The Bertz CT molecular complexity index is 1240. The second-order valence-corrected chi connectivity index (χ2v) is 6.97. The minimum absolute atomic E-state index is 0.377. The van der Waals surface area contributed by atoms with E-state index in [9.17, 15) is 0 Å². The molecule has 0 aliphatic heterocycles. The van der Waals surface area contributed by atoms with Crippen LogP contribution in [0, 0.1) is 0 Å². The fourth-order valence-electron chi connectivity index (χ4n) is 3.08. The fraction of sp³-hybridized carbons (Fsp3) is 0.190. The van der Waals surface area contributed by atoms with Crippen LogP contribution in [0.5, 0.6) is 17.2 Å². The second kappa shape index (κ2) is 8.57. The Morgan fingerprint density at radius 2 is 1.71 bits per heavy atom. The summed E-state index contributed by atoms with van der Waals surface area (Å²) in [5.41, 5.74) is 2.11. The zero-order valence-corrected chi connectivity index (χ0v) is 18.2. The summed E-state index contributed by atoms with van der Waals surface area (Å²) in [5, 5.41) is 12.1. The van der Waals surface area contributed by atoms with Gasteiger partial charge in [-0.2, -0.15) is 15.1 Å². The van der Waals surface area contributed by atoms with Crippen LogP contribution in [0.3, 0.4) is 0 Å². The van der Waals surface area contributed by atoms with Crippen LogP contribution in [-0.4, -0.2) is 41.1 Å². The predicted octanol–water partition coefficient (Wildman–Crippen LogP) is 4.53. The van der Waals surface area contributed by atoms with E-state index in [0.717, 1.165) is 11.1 Å². The number of hydrogen-bond acceptors (Lipinski definition) is 8. The van der Waals surface area contributed by atoms with E-state index in [1.165, 1.54) is 0 Å². The van der Waals surface area contributed by atoms with Gasteiger partial charge in [0.25, 0.3) is 0 Å². The van der Waals surface area contributed by atoms with Crippen molar-refractivity contribution in [3.05, 3.63) is 47.6 Å². The molecule has 9 nitrogen and oxygen atoms in total. The molecule has 2 heterocycles. The Balaban J connectivity index is 1.73. The molecule has 0 fully saturated rings. The standard InChI is InChI=1S/C21H21ClN6O3/c1-28-20-14(11-23-28)19(24-12-5-8-17(30-3)15(22)9-12)26-21(27-20)25-16-7-6-13(29-2)10-18(16)31-4/h5-11H,1-4H3,(H2,24,25,26,27). The molecule has 4 aromatic rings. The van der Waals surface area contributed by atoms with Gasteiger partial charge in [0.2, 0.25) is 5.95 Å². The first-order chi connectivity index (χ1) is 15.0. The van der Waals surface area contributed by atoms with E-state index in [4.69, 9.17) is 25.8 Å². The number of nitrogens with zero attached hydrogens (tertiary/aromatic N) is 4. The summed E-state index contributed by atoms with van der Waals surface area (Å²) in [6, 6.07) is 10.9. The van der Waals surface area contributed by atoms with Crippen molar-refractivity contribution in [1.82, 2.24) is 19.7 Å². The third-order valence-corrected chi connectivity index (χ3v) is 4.96. The van der Waals surface area contributed by atoms with E-state index >= 15 is 0 Å². The lowest BCUT2D eigenvalue weighted by molar-refractivity contribution is 0.395. The second-order valence-electron chi connectivity index (χ2n) is 6.57. The van der Waals surface area contributed by atoms with E-state index in [0.29, 0.717) is 45.4 Å². The van der Waals surface area contributed by atoms with Gasteiger partial charge in [0, 0.05) is 18.8 Å². The lowest BCUT2D eigenvalue weighted by Gasteiger charge is -2.13. The maximum absolute atomic E-state index is 6.26. The summed E-state index contributed by atoms with van der Waals surface area (Å²) in [7, 11) is 6.58. The predicted molar refractivity (Wildman–Crippen MR) is 120 cm³/mol. The molecule has 0 unspecified atom stereocenters. The lowest BCUT2D eigenvalue weighted by atomic mass is 10.2. The van der Waals surface area contributed by atoms with E-state index in [2.05, 4.69) is 25.7 Å². The molecule has 0 saturated carbocycles. The molecular weight excluding hydrogens is 420 g/mol. The van der Waals surface area contributed by atoms with Crippen molar-refractivity contribution in [2.45, 2.75) is 0 Å². The quantitative estimate of drug-likeness (QED) is 0.432. The first kappa shape index (κ1) is 20.5. The van der Waals surface area contributed by atoms with E-state index in [-0.39, 0.29) is 0 Å². The van der Waals surface area contributed by atoms with Gasteiger partial charge in [-0.05, 0) is 30.3 Å². The SMILES string of the molecule is COc1ccc(Nc2nc(Nc3ccc(OC)c(Cl)c3)c3cnn(C)c3n2)c(OC)c1. The van der Waals surface area contributed by atoms with Gasteiger partial charge < -0.3 is 24.8 Å². The maximum Gasteiger partial charge on any atom is 0.231 e. The number of aromatic nitrogens is 4. The molecule has 0 amide bonds. The monoisotopic (exact) mass is 440 g/mol. The number of halogens is 1. The minimum atomic E-state index is 0.377. The zero-order valence-electron chi connectivity index (χ0n) is 17.4. The van der Waals surface area contributed by atoms with E-state index < -0.39 is 0 Å². The van der Waals surface area contributed by atoms with Crippen LogP contribution < -0.4 is 24.8 Å². The third kappa shape index (κ3) is 4.13. The van der Waals surface area contributed by atoms with E-state index in [1.54, 1.807) is 50.4 Å². The molecule has 4 rings (SSSR count). The van der Waals surface area contributed by atoms with E-state index in [1.807, 2.05) is 25.2 Å². The number of rotatable bonds is 7. The first-order valence-corrected chi connectivity index (χ1v) is 9.69. The highest BCUT2D eigenvalue weighted by Crippen LogP contribution is 2.33. The van der Waals surface area contributed by atoms with Crippen LogP contribution in [0.1, 0.15) is 0 Å². The van der Waals surface area contributed by atoms with Gasteiger partial charge in [-0.3, -0.25) is 4.68 Å². The van der Waals surface area contributed by atoms with Crippen molar-refractivity contribution >= 4 is 45.8 Å². The summed E-state index contributed by atoms with van der Waals surface area (Å²) < 4.78 is 17.6. The number of nitrogens with one attached hydrogen (secondary N) is 2. The van der Waals surface area contributed by atoms with Gasteiger partial charge in [0.05, 0.1) is 43.6 Å². The third-order valence-electron chi connectivity index (χ3n) is 4.66. The Morgan fingerprint density at radius 3 is 2.42 bits per heavy atom. The number of benzene rings is 2. The number of anilines is 4. The molecule has 2 N–H and O–H groups in total. The molecule has 2 aromatic heterocycles. The Morgan fingerprint density at radius 1 is 0.903 bits per heavy atom. The van der Waals surface area contributed by atoms with Crippen molar-refractivity contribution in [1.29, 1.82) is 0 Å². The molecule has 160 valence electrons. The molecule has 0 aliphatic carbocycles. The molecule has 0 aliphatic rings. The summed E-state index contributed by atoms with van der Waals surface area (Å²) in [4.78, 5) is 9.25. The zero-order chi connectivity index (χ0) is 22.0. The average Bonchev–Trinajstić information content (AvgIpc) is 3.15. The molecule has 0 bridgehead atoms. The topological polar surface area (TPSA) is 95.3 Å². The number of fused-ring (bicyclic) bond motifs is 1. The van der Waals surface area contributed by atoms with Crippen LogP contribution in [0.25, 0.3) is 11.0 Å². The number of hydrogen-bond donors (Lipinski definition) is 2. The van der Waals surface area contributed by atoms with Gasteiger partial charge in [-0.15, -0.1) is 0 Å². The summed E-state index contributed by atoms with van der Waals surface area (Å²) in [6.07, 6.45) is 1.71. The molecular formula is C21H21ClN6O3. The highest BCUT2D eigenvalue weighted by molar-refractivity contribution is 6.32. The molecule has 0 radical (unpaired) electrons. The Hall–Kier alpha value is -3.72. The first-order valence-electron chi connectivity index (χ1n) is 9.31. The average molecular weight is 441 g/mol. The number of ether oxygens (including phenoxy) is 3. The summed E-state index contributed by atoms with van der Waals surface area (Å²) in [6.45, 7) is 0. The molecule has 31 heavy (non-hydrogen) atoms. The van der Waals surface area contributed by atoms with Gasteiger partial charge in [0.1, 0.15) is 23.1 Å². The molecule has 10 heteroatoms. The van der Waals surface area contributed by atoms with Crippen LogP contribution in [-0.2, 0) is 7.05 Å². The lowest BCUT2D eigenvalue weighted by Crippen LogP contribution is -2.04. The number of methoxy groups -OCH3 is 3. The van der Waals surface area contributed by atoms with Gasteiger partial charge in [0.15, 0.2) is 5.65 Å². The molecule has 0 saturated heterocycles. The Labute approximate surface area is 183 Å². The maximum atomic E-state index is 6.26. The van der Waals surface area contributed by atoms with Crippen LogP contribution >= 0.6 is 11.6 Å². The van der Waals surface area contributed by atoms with Crippen LogP contribution in [0.15, 0.2) is 42.6 Å². The smallest absolute Gasteiger partial charge is 0.231 e. The highest BCUT2D eigenvalue weighted by Gasteiger charge is 2.14. The van der Waals surface area contributed by atoms with Crippen molar-refractivity contribution in [2.24, 2.45) is 7.05 Å². The molecule has 0 spiro atoms. The van der Waals surface area contributed by atoms with Crippen molar-refractivity contribution < 1.29 is 14.2 Å². The minimum Gasteiger partial charge on any atom is -0.497 e. The van der Waals surface area contributed by atoms with Crippen molar-refractivity contribution in [3.63, 3.8) is 0 Å². The van der Waals surface area contributed by atoms with Crippen LogP contribution in [0.2, 0.25) is 5.02 Å². The van der Waals surface area contributed by atoms with Gasteiger partial charge in [-0.25, -0.2) is 0 Å². The Kier molecular flexibility index (Phi) is 5.68. The number of aryl methyl sites for hydroxylation is 1. The summed E-state index contributed by atoms with van der Waals surface area (Å²) in [5.74, 6) is 2.83. The molecule has 0 atom stereocenters. The van der Waals surface area contributed by atoms with Gasteiger partial charge >= 0.3 is 0 Å². The van der Waals surface area contributed by atoms with Gasteiger partial charge in [-0.1, -0.05) is 11.6 Å². The van der Waals surface area contributed by atoms with Crippen molar-refractivity contribution in [2.75, 3.05) is 32.0 Å². The normalized spacial score (nSPS) is 10.7.